The lowest BCUT2D eigenvalue weighted by Crippen LogP contribution is -2.41. The Morgan fingerprint density at radius 1 is 1.59 bits per heavy atom. The summed E-state index contributed by atoms with van der Waals surface area (Å²) in [4.78, 5) is 22.5. The Labute approximate surface area is 102 Å². The second kappa shape index (κ2) is 5.09. The largest absolute Gasteiger partial charge is 0.370 e. The molecule has 3 amide bonds. The zero-order valence-corrected chi connectivity index (χ0v) is 9.87. The molecule has 92 valence electrons. The van der Waals surface area contributed by atoms with Gasteiger partial charge in [0, 0.05) is 12.5 Å². The van der Waals surface area contributed by atoms with Crippen LogP contribution in [0.4, 0.5) is 9.93 Å². The van der Waals surface area contributed by atoms with Gasteiger partial charge in [-0.2, -0.15) is 0 Å². The summed E-state index contributed by atoms with van der Waals surface area (Å²) < 4.78 is 0. The van der Waals surface area contributed by atoms with Gasteiger partial charge in [0.1, 0.15) is 5.51 Å². The summed E-state index contributed by atoms with van der Waals surface area (Å²) in [6.45, 7) is 0. The number of nitrogens with zero attached hydrogens (tertiary/aromatic N) is 2. The highest BCUT2D eigenvalue weighted by atomic mass is 32.1. The maximum Gasteiger partial charge on any atom is 0.321 e. The number of anilines is 1. The Morgan fingerprint density at radius 2 is 2.35 bits per heavy atom. The van der Waals surface area contributed by atoms with Crippen molar-refractivity contribution in [3.05, 3.63) is 5.51 Å². The fourth-order valence-corrected chi connectivity index (χ4v) is 2.02. The van der Waals surface area contributed by atoms with Crippen molar-refractivity contribution >= 4 is 28.4 Å². The van der Waals surface area contributed by atoms with Crippen LogP contribution in [-0.2, 0) is 4.79 Å². The molecule has 1 aliphatic rings. The summed E-state index contributed by atoms with van der Waals surface area (Å²) >= 11 is 1.23. The minimum Gasteiger partial charge on any atom is -0.370 e. The number of aromatic nitrogens is 2. The molecule has 1 aromatic heterocycles. The molecule has 2 rings (SSSR count). The average molecular weight is 255 g/mol. The summed E-state index contributed by atoms with van der Waals surface area (Å²) in [7, 11) is 0. The maximum atomic E-state index is 11.6. The topological polar surface area (TPSA) is 110 Å². The fourth-order valence-electron chi connectivity index (χ4n) is 1.58. The molecule has 0 aliphatic heterocycles. The number of carbonyl (C=O) groups excluding carboxylic acids is 2. The molecule has 1 atom stereocenters. The molecule has 1 fully saturated rings. The van der Waals surface area contributed by atoms with Gasteiger partial charge in [-0.25, -0.2) is 4.79 Å². The fraction of sp³-hybridized carbons (Fsp3) is 0.556. The van der Waals surface area contributed by atoms with Crippen molar-refractivity contribution in [1.29, 1.82) is 0 Å². The van der Waals surface area contributed by atoms with Crippen LogP contribution >= 0.6 is 11.3 Å². The van der Waals surface area contributed by atoms with Gasteiger partial charge in [0.25, 0.3) is 0 Å². The minimum atomic E-state index is -0.405. The first-order valence-electron chi connectivity index (χ1n) is 5.27. The zero-order chi connectivity index (χ0) is 12.3. The predicted molar refractivity (Wildman–Crippen MR) is 62.4 cm³/mol. The van der Waals surface area contributed by atoms with Gasteiger partial charge in [0.2, 0.25) is 11.0 Å². The van der Waals surface area contributed by atoms with Crippen LogP contribution in [0.3, 0.4) is 0 Å². The van der Waals surface area contributed by atoms with Crippen molar-refractivity contribution in [1.82, 2.24) is 15.5 Å². The minimum absolute atomic E-state index is 0.175. The lowest BCUT2D eigenvalue weighted by Gasteiger charge is -2.16. The molecule has 0 bridgehead atoms. The number of hydrogen-bond donors (Lipinski definition) is 3. The Kier molecular flexibility index (Phi) is 3.52. The van der Waals surface area contributed by atoms with Crippen LogP contribution in [0.1, 0.15) is 19.3 Å². The van der Waals surface area contributed by atoms with Crippen molar-refractivity contribution in [2.45, 2.75) is 25.3 Å². The normalized spacial score (nSPS) is 16.2. The van der Waals surface area contributed by atoms with E-state index in [0.717, 1.165) is 12.8 Å². The van der Waals surface area contributed by atoms with Crippen LogP contribution in [-0.4, -0.2) is 28.2 Å². The van der Waals surface area contributed by atoms with Gasteiger partial charge < -0.3 is 11.1 Å². The van der Waals surface area contributed by atoms with Crippen molar-refractivity contribution in [3.8, 4) is 0 Å². The van der Waals surface area contributed by atoms with E-state index in [1.54, 1.807) is 0 Å². The second-order valence-corrected chi connectivity index (χ2v) is 4.79. The molecular weight excluding hydrogens is 242 g/mol. The molecule has 1 aliphatic carbocycles. The summed E-state index contributed by atoms with van der Waals surface area (Å²) in [6.07, 6.45) is 2.22. The third-order valence-electron chi connectivity index (χ3n) is 2.51. The monoisotopic (exact) mass is 255 g/mol. The van der Waals surface area contributed by atoms with E-state index in [1.165, 1.54) is 16.8 Å². The Morgan fingerprint density at radius 3 is 2.88 bits per heavy atom. The first-order chi connectivity index (χ1) is 8.15. The molecule has 0 radical (unpaired) electrons. The number of carbonyl (C=O) groups is 2. The molecule has 1 saturated carbocycles. The van der Waals surface area contributed by atoms with Gasteiger partial charge in [-0.15, -0.1) is 10.2 Å². The van der Waals surface area contributed by atoms with E-state index in [9.17, 15) is 9.59 Å². The van der Waals surface area contributed by atoms with E-state index in [2.05, 4.69) is 20.8 Å². The summed E-state index contributed by atoms with van der Waals surface area (Å²) in [6, 6.07) is -0.555. The van der Waals surface area contributed by atoms with Crippen LogP contribution in [0.25, 0.3) is 0 Å². The first kappa shape index (κ1) is 11.8. The first-order valence-corrected chi connectivity index (χ1v) is 6.15. The maximum absolute atomic E-state index is 11.6. The molecule has 0 saturated heterocycles. The Balaban J connectivity index is 1.84. The van der Waals surface area contributed by atoms with E-state index in [1.807, 2.05) is 0 Å². The predicted octanol–water partition coefficient (Wildman–Crippen LogP) is 0.314. The molecule has 1 aromatic rings. The van der Waals surface area contributed by atoms with Crippen molar-refractivity contribution in [2.24, 2.45) is 11.7 Å². The molecule has 0 unspecified atom stereocenters. The summed E-state index contributed by atoms with van der Waals surface area (Å²) in [5.74, 6) is -0.0409. The van der Waals surface area contributed by atoms with Crippen LogP contribution < -0.4 is 16.4 Å². The Bertz CT molecular complexity index is 404. The molecule has 0 spiro atoms. The summed E-state index contributed by atoms with van der Waals surface area (Å²) in [5, 5.41) is 13.0. The van der Waals surface area contributed by atoms with E-state index in [4.69, 9.17) is 5.73 Å². The van der Waals surface area contributed by atoms with Gasteiger partial charge >= 0.3 is 6.03 Å². The van der Waals surface area contributed by atoms with Gasteiger partial charge in [-0.1, -0.05) is 11.3 Å². The summed E-state index contributed by atoms with van der Waals surface area (Å²) in [5.41, 5.74) is 6.66. The number of hydrogen-bond acceptors (Lipinski definition) is 5. The highest BCUT2D eigenvalue weighted by Gasteiger charge is 2.33. The average Bonchev–Trinajstić information content (AvgIpc) is 2.97. The van der Waals surface area contributed by atoms with Gasteiger partial charge in [0.05, 0.1) is 0 Å². The molecule has 1 heterocycles. The van der Waals surface area contributed by atoms with Crippen LogP contribution in [0.5, 0.6) is 0 Å². The molecule has 17 heavy (non-hydrogen) atoms. The highest BCUT2D eigenvalue weighted by molar-refractivity contribution is 7.13. The molecule has 4 N–H and O–H groups in total. The van der Waals surface area contributed by atoms with Crippen molar-refractivity contribution in [2.75, 3.05) is 5.32 Å². The van der Waals surface area contributed by atoms with E-state index in [-0.39, 0.29) is 18.5 Å². The number of urea groups is 1. The van der Waals surface area contributed by atoms with Gasteiger partial charge in [-0.3, -0.25) is 10.1 Å². The molecule has 0 aromatic carbocycles. The highest BCUT2D eigenvalue weighted by Crippen LogP contribution is 2.33. The third kappa shape index (κ3) is 3.66. The number of nitrogens with one attached hydrogen (secondary N) is 2. The quantitative estimate of drug-likeness (QED) is 0.703. The SMILES string of the molecule is NC(=O)C[C@H](NC(=O)Nc1nncs1)C1CC1. The number of nitrogens with two attached hydrogens (primary N) is 1. The molecule has 7 nitrogen and oxygen atoms in total. The van der Waals surface area contributed by atoms with Gasteiger partial charge in [-0.05, 0) is 18.8 Å². The lowest BCUT2D eigenvalue weighted by molar-refractivity contribution is -0.118. The Hall–Kier alpha value is -1.70. The van der Waals surface area contributed by atoms with Crippen LogP contribution in [0.2, 0.25) is 0 Å². The number of rotatable bonds is 5. The molecule has 8 heteroatoms. The van der Waals surface area contributed by atoms with Crippen molar-refractivity contribution < 1.29 is 9.59 Å². The molecular formula is C9H13N5O2S. The zero-order valence-electron chi connectivity index (χ0n) is 9.05. The van der Waals surface area contributed by atoms with E-state index < -0.39 is 5.91 Å². The van der Waals surface area contributed by atoms with Crippen molar-refractivity contribution in [3.63, 3.8) is 0 Å². The van der Waals surface area contributed by atoms with Crippen LogP contribution in [0, 0.1) is 5.92 Å². The second-order valence-electron chi connectivity index (χ2n) is 3.96. The lowest BCUT2D eigenvalue weighted by atomic mass is 10.1. The van der Waals surface area contributed by atoms with E-state index in [0.29, 0.717) is 11.0 Å². The number of primary amides is 1. The number of amides is 3. The van der Waals surface area contributed by atoms with Crippen LogP contribution in [0.15, 0.2) is 5.51 Å². The van der Waals surface area contributed by atoms with Gasteiger partial charge in [0.15, 0.2) is 0 Å². The smallest absolute Gasteiger partial charge is 0.321 e. The third-order valence-corrected chi connectivity index (χ3v) is 3.12. The standard InChI is InChI=1S/C9H13N5O2S/c10-7(15)3-6(5-1-2-5)12-8(16)13-9-14-11-4-17-9/h4-6H,1-3H2,(H2,10,15)(H2,12,13,14,16)/t6-/m0/s1. The van der Waals surface area contributed by atoms with E-state index >= 15 is 0 Å².